The molecule has 0 unspecified atom stereocenters. The topological polar surface area (TPSA) is 68.1 Å². The second-order valence-corrected chi connectivity index (χ2v) is 5.10. The monoisotopic (exact) mass is 300 g/mol. The number of hydrogen-bond donors (Lipinski definition) is 2. The van der Waals surface area contributed by atoms with Crippen molar-refractivity contribution in [1.29, 1.82) is 0 Å². The fourth-order valence-corrected chi connectivity index (χ4v) is 2.29. The summed E-state index contributed by atoms with van der Waals surface area (Å²) in [7, 11) is 0. The van der Waals surface area contributed by atoms with Crippen LogP contribution < -0.4 is 5.73 Å². The van der Waals surface area contributed by atoms with Gasteiger partial charge in [-0.1, -0.05) is 29.8 Å². The predicted molar refractivity (Wildman–Crippen MR) is 83.3 cm³/mol. The average Bonchev–Trinajstić information content (AvgIpc) is 2.89. The number of carbonyl (C=O) groups excluding carboxylic acids is 1. The number of carbonyl (C=O) groups is 1. The number of hydrogen-bond acceptors (Lipinski definition) is 3. The third-order valence-electron chi connectivity index (χ3n) is 3.18. The molecule has 4 nitrogen and oxygen atoms in total. The van der Waals surface area contributed by atoms with Crippen molar-refractivity contribution in [2.45, 2.75) is 6.61 Å². The largest absolute Gasteiger partial charge is 0.456 e. The van der Waals surface area contributed by atoms with Crippen molar-refractivity contribution in [2.75, 3.05) is 5.73 Å². The van der Waals surface area contributed by atoms with Gasteiger partial charge in [-0.3, -0.25) is 0 Å². The number of H-pyrrole nitrogens is 1. The molecule has 5 heteroatoms. The van der Waals surface area contributed by atoms with Crippen molar-refractivity contribution < 1.29 is 9.53 Å². The molecule has 0 aliphatic carbocycles. The van der Waals surface area contributed by atoms with Crippen molar-refractivity contribution in [2.24, 2.45) is 0 Å². The molecule has 0 radical (unpaired) electrons. The van der Waals surface area contributed by atoms with E-state index in [4.69, 9.17) is 22.1 Å². The number of aromatic amines is 1. The molecule has 2 aromatic carbocycles. The summed E-state index contributed by atoms with van der Waals surface area (Å²) in [5.74, 6) is -0.426. The Morgan fingerprint density at radius 2 is 2.00 bits per heavy atom. The van der Waals surface area contributed by atoms with Gasteiger partial charge in [0.2, 0.25) is 0 Å². The summed E-state index contributed by atoms with van der Waals surface area (Å²) in [5, 5.41) is 1.45. The summed E-state index contributed by atoms with van der Waals surface area (Å²) >= 11 is 6.02. The maximum Gasteiger partial charge on any atom is 0.355 e. The van der Waals surface area contributed by atoms with Crippen LogP contribution in [0.3, 0.4) is 0 Å². The minimum absolute atomic E-state index is 0.135. The van der Waals surface area contributed by atoms with Gasteiger partial charge in [0.25, 0.3) is 0 Å². The van der Waals surface area contributed by atoms with Gasteiger partial charge >= 0.3 is 5.97 Å². The molecule has 0 saturated heterocycles. The minimum Gasteiger partial charge on any atom is -0.456 e. The van der Waals surface area contributed by atoms with Crippen LogP contribution in [0.25, 0.3) is 10.9 Å². The average molecular weight is 301 g/mol. The van der Waals surface area contributed by atoms with E-state index < -0.39 is 5.97 Å². The van der Waals surface area contributed by atoms with E-state index in [1.54, 1.807) is 24.3 Å². The molecular weight excluding hydrogens is 288 g/mol. The number of rotatable bonds is 3. The summed E-state index contributed by atoms with van der Waals surface area (Å²) in [4.78, 5) is 15.1. The summed E-state index contributed by atoms with van der Waals surface area (Å²) in [5.41, 5.74) is 8.37. The van der Waals surface area contributed by atoms with E-state index >= 15 is 0 Å². The van der Waals surface area contributed by atoms with Gasteiger partial charge in [0.15, 0.2) is 0 Å². The second kappa shape index (κ2) is 5.50. The van der Waals surface area contributed by atoms with Gasteiger partial charge in [0.1, 0.15) is 12.3 Å². The molecule has 0 bridgehead atoms. The first kappa shape index (κ1) is 13.5. The second-order valence-electron chi connectivity index (χ2n) is 4.70. The smallest absolute Gasteiger partial charge is 0.355 e. The van der Waals surface area contributed by atoms with Crippen molar-refractivity contribution in [3.63, 3.8) is 0 Å². The van der Waals surface area contributed by atoms with Crippen LogP contribution in [0.1, 0.15) is 16.1 Å². The molecule has 3 aromatic rings. The number of fused-ring (bicyclic) bond motifs is 1. The van der Waals surface area contributed by atoms with E-state index in [2.05, 4.69) is 4.98 Å². The zero-order valence-corrected chi connectivity index (χ0v) is 11.9. The molecule has 1 heterocycles. The van der Waals surface area contributed by atoms with Crippen molar-refractivity contribution in [1.82, 2.24) is 4.98 Å². The number of nitrogen functional groups attached to an aromatic ring is 1. The van der Waals surface area contributed by atoms with Gasteiger partial charge < -0.3 is 15.5 Å². The number of nitrogens with one attached hydrogen (secondary N) is 1. The van der Waals surface area contributed by atoms with Crippen LogP contribution in [0.15, 0.2) is 48.5 Å². The van der Waals surface area contributed by atoms with Crippen LogP contribution in [0, 0.1) is 0 Å². The SMILES string of the molecule is Nc1ccc2[nH]c(C(=O)OCc3ccccc3Cl)cc2c1. The molecule has 0 amide bonds. The molecule has 0 aliphatic rings. The van der Waals surface area contributed by atoms with Crippen molar-refractivity contribution >= 4 is 34.2 Å². The van der Waals surface area contributed by atoms with Gasteiger partial charge in [0.05, 0.1) is 0 Å². The van der Waals surface area contributed by atoms with Crippen LogP contribution >= 0.6 is 11.6 Å². The zero-order chi connectivity index (χ0) is 14.8. The maximum atomic E-state index is 12.1. The lowest BCUT2D eigenvalue weighted by Gasteiger charge is -2.05. The highest BCUT2D eigenvalue weighted by Gasteiger charge is 2.12. The Hall–Kier alpha value is -2.46. The lowest BCUT2D eigenvalue weighted by Crippen LogP contribution is -2.05. The molecule has 0 spiro atoms. The third kappa shape index (κ3) is 2.85. The number of benzene rings is 2. The number of aromatic nitrogens is 1. The molecule has 0 fully saturated rings. The Morgan fingerprint density at radius 3 is 2.81 bits per heavy atom. The Morgan fingerprint density at radius 1 is 1.19 bits per heavy atom. The number of halogens is 1. The molecule has 1 aromatic heterocycles. The van der Waals surface area contributed by atoms with Gasteiger partial charge in [0, 0.05) is 27.2 Å². The maximum absolute atomic E-state index is 12.1. The van der Waals surface area contributed by atoms with Gasteiger partial charge in [-0.2, -0.15) is 0 Å². The first-order valence-corrected chi connectivity index (χ1v) is 6.80. The molecule has 0 aliphatic heterocycles. The van der Waals surface area contributed by atoms with Crippen LogP contribution in [0.2, 0.25) is 5.02 Å². The Labute approximate surface area is 126 Å². The predicted octanol–water partition coefficient (Wildman–Crippen LogP) is 3.76. The van der Waals surface area contributed by atoms with Crippen molar-refractivity contribution in [3.8, 4) is 0 Å². The molecule has 21 heavy (non-hydrogen) atoms. The van der Waals surface area contributed by atoms with E-state index in [9.17, 15) is 4.79 Å². The van der Waals surface area contributed by atoms with Crippen LogP contribution in [0.5, 0.6) is 0 Å². The fraction of sp³-hybridized carbons (Fsp3) is 0.0625. The van der Waals surface area contributed by atoms with Gasteiger partial charge in [-0.05, 0) is 30.3 Å². The summed E-state index contributed by atoms with van der Waals surface area (Å²) < 4.78 is 5.27. The molecule has 3 rings (SSSR count). The normalized spacial score (nSPS) is 10.7. The molecule has 3 N–H and O–H groups in total. The minimum atomic E-state index is -0.426. The van der Waals surface area contributed by atoms with E-state index in [1.165, 1.54) is 0 Å². The van der Waals surface area contributed by atoms with E-state index in [0.717, 1.165) is 16.5 Å². The fourth-order valence-electron chi connectivity index (χ4n) is 2.10. The molecule has 106 valence electrons. The Bertz CT molecular complexity index is 811. The van der Waals surface area contributed by atoms with Crippen LogP contribution in [0.4, 0.5) is 5.69 Å². The first-order chi connectivity index (χ1) is 10.1. The Balaban J connectivity index is 1.76. The number of ether oxygens (including phenoxy) is 1. The number of nitrogens with two attached hydrogens (primary N) is 1. The molecule has 0 saturated carbocycles. The molecule has 0 atom stereocenters. The third-order valence-corrected chi connectivity index (χ3v) is 3.55. The zero-order valence-electron chi connectivity index (χ0n) is 11.1. The van der Waals surface area contributed by atoms with Crippen LogP contribution in [-0.4, -0.2) is 11.0 Å². The molecular formula is C16H13ClN2O2. The van der Waals surface area contributed by atoms with Gasteiger partial charge in [-0.25, -0.2) is 4.79 Å². The summed E-state index contributed by atoms with van der Waals surface area (Å²) in [6.07, 6.45) is 0. The number of esters is 1. The number of anilines is 1. The van der Waals surface area contributed by atoms with Crippen LogP contribution in [-0.2, 0) is 11.3 Å². The lowest BCUT2D eigenvalue weighted by atomic mass is 10.2. The van der Waals surface area contributed by atoms with Gasteiger partial charge in [-0.15, -0.1) is 0 Å². The first-order valence-electron chi connectivity index (χ1n) is 6.42. The van der Waals surface area contributed by atoms with E-state index in [1.807, 2.05) is 24.3 Å². The quantitative estimate of drug-likeness (QED) is 0.571. The summed E-state index contributed by atoms with van der Waals surface area (Å²) in [6.45, 7) is 0.135. The van der Waals surface area contributed by atoms with E-state index in [0.29, 0.717) is 16.4 Å². The highest BCUT2D eigenvalue weighted by molar-refractivity contribution is 6.31. The highest BCUT2D eigenvalue weighted by Crippen LogP contribution is 2.20. The standard InChI is InChI=1S/C16H13ClN2O2/c17-13-4-2-1-3-10(13)9-21-16(20)15-8-11-7-12(18)5-6-14(11)19-15/h1-8,19H,9,18H2. The van der Waals surface area contributed by atoms with E-state index in [-0.39, 0.29) is 6.61 Å². The lowest BCUT2D eigenvalue weighted by molar-refractivity contribution is 0.0467. The summed E-state index contributed by atoms with van der Waals surface area (Å²) in [6, 6.07) is 14.4. The van der Waals surface area contributed by atoms with Crippen molar-refractivity contribution in [3.05, 3.63) is 64.8 Å². The Kier molecular flexibility index (Phi) is 3.54. The highest BCUT2D eigenvalue weighted by atomic mass is 35.5.